The lowest BCUT2D eigenvalue weighted by Gasteiger charge is -2.40. The zero-order valence-corrected chi connectivity index (χ0v) is 15.2. The smallest absolute Gasteiger partial charge is 0.251 e. The Labute approximate surface area is 157 Å². The van der Waals surface area contributed by atoms with Gasteiger partial charge in [0, 0.05) is 22.3 Å². The maximum absolute atomic E-state index is 13.0. The molecule has 0 unspecified atom stereocenters. The van der Waals surface area contributed by atoms with Gasteiger partial charge < -0.3 is 10.6 Å². The maximum Gasteiger partial charge on any atom is 0.251 e. The first-order valence-corrected chi connectivity index (χ1v) is 9.43. The fourth-order valence-corrected chi connectivity index (χ4v) is 3.56. The lowest BCUT2D eigenvalue weighted by Crippen LogP contribution is -2.46. The summed E-state index contributed by atoms with van der Waals surface area (Å²) in [5.41, 5.74) is 1.72. The summed E-state index contributed by atoms with van der Waals surface area (Å²) in [6, 6.07) is 15.0. The van der Waals surface area contributed by atoms with Gasteiger partial charge in [0.25, 0.3) is 5.91 Å². The first-order chi connectivity index (χ1) is 12.6. The van der Waals surface area contributed by atoms with E-state index in [4.69, 9.17) is 11.6 Å². The Kier molecular flexibility index (Phi) is 4.45. The van der Waals surface area contributed by atoms with Crippen molar-refractivity contribution in [3.63, 3.8) is 0 Å². The van der Waals surface area contributed by atoms with Gasteiger partial charge in [0.05, 0.1) is 5.41 Å². The number of carbonyl (C=O) groups is 2. The molecule has 0 saturated heterocycles. The standard InChI is InChI=1S/C21H21ClN2O2/c22-16-7-5-15(6-8-16)21(11-2-12-21)20(26)24-18-4-1-3-14(13-18)19(25)23-17-9-10-17/h1,3-8,13,17H,2,9-12H2,(H,23,25)(H,24,26). The van der Waals surface area contributed by atoms with Crippen LogP contribution < -0.4 is 10.6 Å². The van der Waals surface area contributed by atoms with Gasteiger partial charge in [0.1, 0.15) is 0 Å². The van der Waals surface area contributed by atoms with Crippen molar-refractivity contribution in [3.8, 4) is 0 Å². The summed E-state index contributed by atoms with van der Waals surface area (Å²) in [5, 5.41) is 6.65. The molecule has 2 aliphatic rings. The topological polar surface area (TPSA) is 58.2 Å². The van der Waals surface area contributed by atoms with Crippen LogP contribution in [0.3, 0.4) is 0 Å². The largest absolute Gasteiger partial charge is 0.349 e. The highest BCUT2D eigenvalue weighted by atomic mass is 35.5. The molecule has 0 aromatic heterocycles. The molecule has 0 spiro atoms. The summed E-state index contributed by atoms with van der Waals surface area (Å²) < 4.78 is 0. The highest BCUT2D eigenvalue weighted by Gasteiger charge is 2.45. The summed E-state index contributed by atoms with van der Waals surface area (Å²) in [6.07, 6.45) is 4.77. The van der Waals surface area contributed by atoms with E-state index in [9.17, 15) is 9.59 Å². The van der Waals surface area contributed by atoms with Crippen molar-refractivity contribution in [2.24, 2.45) is 0 Å². The third-order valence-corrected chi connectivity index (χ3v) is 5.59. The molecule has 2 aliphatic carbocycles. The highest BCUT2D eigenvalue weighted by molar-refractivity contribution is 6.30. The van der Waals surface area contributed by atoms with Crippen LogP contribution in [0.4, 0.5) is 5.69 Å². The zero-order chi connectivity index (χ0) is 18.1. The number of halogens is 1. The lowest BCUT2D eigenvalue weighted by atomic mass is 9.64. The van der Waals surface area contributed by atoms with Crippen LogP contribution in [0.5, 0.6) is 0 Å². The van der Waals surface area contributed by atoms with Crippen LogP contribution in [0.25, 0.3) is 0 Å². The second-order valence-electron chi connectivity index (χ2n) is 7.23. The van der Waals surface area contributed by atoms with Crippen LogP contribution in [-0.2, 0) is 10.2 Å². The monoisotopic (exact) mass is 368 g/mol. The van der Waals surface area contributed by atoms with Crippen molar-refractivity contribution in [2.45, 2.75) is 43.6 Å². The molecule has 0 radical (unpaired) electrons. The minimum atomic E-state index is -0.503. The van der Waals surface area contributed by atoms with Gasteiger partial charge in [0.15, 0.2) is 0 Å². The molecular weight excluding hydrogens is 348 g/mol. The summed E-state index contributed by atoms with van der Waals surface area (Å²) in [5.74, 6) is -0.106. The Hall–Kier alpha value is -2.33. The second-order valence-corrected chi connectivity index (χ2v) is 7.66. The molecule has 4 rings (SSSR count). The van der Waals surface area contributed by atoms with Crippen LogP contribution in [0.2, 0.25) is 5.02 Å². The van der Waals surface area contributed by atoms with Crippen molar-refractivity contribution in [2.75, 3.05) is 5.32 Å². The van der Waals surface area contributed by atoms with E-state index in [0.29, 0.717) is 22.3 Å². The van der Waals surface area contributed by atoms with Crippen LogP contribution in [0.15, 0.2) is 48.5 Å². The van der Waals surface area contributed by atoms with Crippen molar-refractivity contribution >= 4 is 29.1 Å². The molecule has 2 N–H and O–H groups in total. The lowest BCUT2D eigenvalue weighted by molar-refractivity contribution is -0.124. The van der Waals surface area contributed by atoms with E-state index >= 15 is 0 Å². The van der Waals surface area contributed by atoms with Crippen molar-refractivity contribution in [1.29, 1.82) is 0 Å². The molecular formula is C21H21ClN2O2. The molecule has 134 valence electrons. The number of nitrogens with one attached hydrogen (secondary N) is 2. The fourth-order valence-electron chi connectivity index (χ4n) is 3.43. The third kappa shape index (κ3) is 3.34. The first-order valence-electron chi connectivity index (χ1n) is 9.05. The third-order valence-electron chi connectivity index (χ3n) is 5.33. The van der Waals surface area contributed by atoms with E-state index in [2.05, 4.69) is 10.6 Å². The molecule has 2 amide bonds. The summed E-state index contributed by atoms with van der Waals surface area (Å²) in [7, 11) is 0. The molecule has 4 nitrogen and oxygen atoms in total. The molecule has 5 heteroatoms. The second kappa shape index (κ2) is 6.76. The summed E-state index contributed by atoms with van der Waals surface area (Å²) >= 11 is 5.98. The number of amides is 2. The van der Waals surface area contributed by atoms with Crippen LogP contribution in [-0.4, -0.2) is 17.9 Å². The molecule has 26 heavy (non-hydrogen) atoms. The van der Waals surface area contributed by atoms with E-state index < -0.39 is 5.41 Å². The zero-order valence-electron chi connectivity index (χ0n) is 14.4. The van der Waals surface area contributed by atoms with E-state index in [0.717, 1.165) is 37.7 Å². The van der Waals surface area contributed by atoms with Gasteiger partial charge >= 0.3 is 0 Å². The Morgan fingerprint density at radius 2 is 1.77 bits per heavy atom. The van der Waals surface area contributed by atoms with Gasteiger partial charge in [-0.25, -0.2) is 0 Å². The molecule has 0 aliphatic heterocycles. The number of hydrogen-bond acceptors (Lipinski definition) is 2. The van der Waals surface area contributed by atoms with Crippen molar-refractivity contribution in [3.05, 3.63) is 64.7 Å². The number of benzene rings is 2. The van der Waals surface area contributed by atoms with E-state index in [-0.39, 0.29) is 11.8 Å². The molecule has 0 bridgehead atoms. The molecule has 2 fully saturated rings. The summed E-state index contributed by atoms with van der Waals surface area (Å²) in [4.78, 5) is 25.2. The molecule has 2 saturated carbocycles. The predicted molar refractivity (Wildman–Crippen MR) is 103 cm³/mol. The van der Waals surface area contributed by atoms with E-state index in [1.165, 1.54) is 0 Å². The number of anilines is 1. The minimum absolute atomic E-state index is 0.0224. The van der Waals surface area contributed by atoms with Crippen LogP contribution in [0, 0.1) is 0 Å². The SMILES string of the molecule is O=C(NC1CC1)c1cccc(NC(=O)C2(c3ccc(Cl)cc3)CCC2)c1. The molecule has 0 atom stereocenters. The number of hydrogen-bond donors (Lipinski definition) is 2. The van der Waals surface area contributed by atoms with Gasteiger partial charge in [0.2, 0.25) is 5.91 Å². The maximum atomic E-state index is 13.0. The average molecular weight is 369 g/mol. The van der Waals surface area contributed by atoms with E-state index in [1.807, 2.05) is 30.3 Å². The number of carbonyl (C=O) groups excluding carboxylic acids is 2. The van der Waals surface area contributed by atoms with Crippen LogP contribution >= 0.6 is 11.6 Å². The van der Waals surface area contributed by atoms with Gasteiger partial charge in [-0.1, -0.05) is 36.2 Å². The molecule has 0 heterocycles. The molecule has 2 aromatic rings. The first kappa shape index (κ1) is 17.1. The fraction of sp³-hybridized carbons (Fsp3) is 0.333. The number of rotatable bonds is 5. The van der Waals surface area contributed by atoms with Crippen molar-refractivity contribution < 1.29 is 9.59 Å². The highest BCUT2D eigenvalue weighted by Crippen LogP contribution is 2.44. The van der Waals surface area contributed by atoms with Gasteiger partial charge in [-0.15, -0.1) is 0 Å². The van der Waals surface area contributed by atoms with Gasteiger partial charge in [-0.3, -0.25) is 9.59 Å². The normalized spacial score (nSPS) is 17.9. The van der Waals surface area contributed by atoms with Gasteiger partial charge in [-0.2, -0.15) is 0 Å². The predicted octanol–water partition coefficient (Wildman–Crippen LogP) is 4.29. The quantitative estimate of drug-likeness (QED) is 0.827. The summed E-state index contributed by atoms with van der Waals surface area (Å²) in [6.45, 7) is 0. The van der Waals surface area contributed by atoms with Crippen molar-refractivity contribution in [1.82, 2.24) is 5.32 Å². The Balaban J connectivity index is 1.51. The Morgan fingerprint density at radius 1 is 1.04 bits per heavy atom. The Morgan fingerprint density at radius 3 is 2.38 bits per heavy atom. The minimum Gasteiger partial charge on any atom is -0.349 e. The Bertz CT molecular complexity index is 839. The molecule has 2 aromatic carbocycles. The average Bonchev–Trinajstić information content (AvgIpc) is 3.40. The van der Waals surface area contributed by atoms with Gasteiger partial charge in [-0.05, 0) is 61.6 Å². The van der Waals surface area contributed by atoms with Crippen LogP contribution in [0.1, 0.15) is 48.0 Å². The van der Waals surface area contributed by atoms with E-state index in [1.54, 1.807) is 18.2 Å².